The summed E-state index contributed by atoms with van der Waals surface area (Å²) in [4.78, 5) is 13.8. The maximum Gasteiger partial charge on any atom is 0.277 e. The number of amides is 1. The highest BCUT2D eigenvalue weighted by atomic mass is 32.2. The largest absolute Gasteiger partial charge is 0.378 e. The van der Waals surface area contributed by atoms with Gasteiger partial charge >= 0.3 is 0 Å². The molecule has 0 aromatic heterocycles. The summed E-state index contributed by atoms with van der Waals surface area (Å²) in [5.74, 6) is 0.0426. The smallest absolute Gasteiger partial charge is 0.277 e. The van der Waals surface area contributed by atoms with E-state index in [1.807, 2.05) is 0 Å². The van der Waals surface area contributed by atoms with Gasteiger partial charge in [-0.1, -0.05) is 0 Å². The molecule has 0 spiro atoms. The van der Waals surface area contributed by atoms with Crippen molar-refractivity contribution in [3.8, 4) is 0 Å². The van der Waals surface area contributed by atoms with Crippen LogP contribution in [0.25, 0.3) is 0 Å². The summed E-state index contributed by atoms with van der Waals surface area (Å²) in [7, 11) is -3.63. The van der Waals surface area contributed by atoms with Gasteiger partial charge in [-0.3, -0.25) is 4.79 Å². The highest BCUT2D eigenvalue weighted by Crippen LogP contribution is 2.17. The van der Waals surface area contributed by atoms with E-state index in [4.69, 9.17) is 9.88 Å². The minimum absolute atomic E-state index is 0.0255. The summed E-state index contributed by atoms with van der Waals surface area (Å²) >= 11 is 0. The van der Waals surface area contributed by atoms with Crippen LogP contribution in [0.3, 0.4) is 0 Å². The van der Waals surface area contributed by atoms with Crippen LogP contribution >= 0.6 is 0 Å². The van der Waals surface area contributed by atoms with Crippen molar-refractivity contribution in [3.63, 3.8) is 0 Å². The quantitative estimate of drug-likeness (QED) is 0.743. The van der Waals surface area contributed by atoms with Gasteiger partial charge in [-0.15, -0.1) is 0 Å². The maximum atomic E-state index is 12.1. The van der Waals surface area contributed by atoms with E-state index in [1.54, 1.807) is 4.90 Å². The summed E-state index contributed by atoms with van der Waals surface area (Å²) in [5.41, 5.74) is 0. The zero-order valence-corrected chi connectivity index (χ0v) is 11.8. The van der Waals surface area contributed by atoms with Gasteiger partial charge in [0.1, 0.15) is 0 Å². The first-order valence-corrected chi connectivity index (χ1v) is 8.14. The predicted molar refractivity (Wildman–Crippen MR) is 69.5 cm³/mol. The lowest BCUT2D eigenvalue weighted by Crippen LogP contribution is -2.52. The first-order valence-electron chi connectivity index (χ1n) is 6.64. The Kier molecular flexibility index (Phi) is 4.77. The number of nitrogens with zero attached hydrogens (tertiary/aromatic N) is 2. The van der Waals surface area contributed by atoms with Crippen LogP contribution in [-0.2, 0) is 19.7 Å². The van der Waals surface area contributed by atoms with Gasteiger partial charge in [-0.05, 0) is 19.3 Å². The van der Waals surface area contributed by atoms with Crippen molar-refractivity contribution in [2.75, 3.05) is 32.8 Å². The second kappa shape index (κ2) is 6.17. The third-order valence-corrected chi connectivity index (χ3v) is 4.71. The van der Waals surface area contributed by atoms with Crippen LogP contribution in [0, 0.1) is 0 Å². The molecule has 2 aliphatic heterocycles. The number of hydrogen-bond donors (Lipinski definition) is 1. The zero-order valence-electron chi connectivity index (χ0n) is 11.0. The molecule has 2 fully saturated rings. The minimum atomic E-state index is -3.63. The van der Waals surface area contributed by atoms with E-state index in [2.05, 4.69) is 0 Å². The van der Waals surface area contributed by atoms with Crippen LogP contribution in [0.2, 0.25) is 0 Å². The van der Waals surface area contributed by atoms with E-state index in [9.17, 15) is 13.2 Å². The van der Waals surface area contributed by atoms with E-state index in [0.29, 0.717) is 19.5 Å². The molecule has 19 heavy (non-hydrogen) atoms. The van der Waals surface area contributed by atoms with Crippen molar-refractivity contribution in [3.05, 3.63) is 0 Å². The molecular weight excluding hydrogens is 270 g/mol. The van der Waals surface area contributed by atoms with Crippen molar-refractivity contribution in [2.45, 2.75) is 31.8 Å². The third-order valence-electron chi connectivity index (χ3n) is 3.63. The summed E-state index contributed by atoms with van der Waals surface area (Å²) in [6, 6.07) is 0. The fourth-order valence-electron chi connectivity index (χ4n) is 2.48. The lowest BCUT2D eigenvalue weighted by atomic mass is 10.1. The van der Waals surface area contributed by atoms with E-state index in [-0.39, 0.29) is 25.1 Å². The highest BCUT2D eigenvalue weighted by Gasteiger charge is 2.28. The number of piperazine rings is 1. The number of carbonyl (C=O) groups is 1. The van der Waals surface area contributed by atoms with Crippen molar-refractivity contribution in [2.24, 2.45) is 5.14 Å². The number of hydrogen-bond acceptors (Lipinski definition) is 4. The lowest BCUT2D eigenvalue weighted by molar-refractivity contribution is -0.136. The molecule has 2 N–H and O–H groups in total. The molecule has 8 heteroatoms. The molecule has 0 aliphatic carbocycles. The monoisotopic (exact) mass is 291 g/mol. The van der Waals surface area contributed by atoms with Crippen LogP contribution in [-0.4, -0.2) is 62.4 Å². The van der Waals surface area contributed by atoms with Crippen molar-refractivity contribution in [1.29, 1.82) is 0 Å². The zero-order chi connectivity index (χ0) is 13.9. The van der Waals surface area contributed by atoms with E-state index >= 15 is 0 Å². The van der Waals surface area contributed by atoms with Gasteiger partial charge in [0.15, 0.2) is 0 Å². The van der Waals surface area contributed by atoms with Crippen LogP contribution in [0.15, 0.2) is 0 Å². The second-order valence-corrected chi connectivity index (χ2v) is 6.56. The molecule has 1 amide bonds. The molecule has 2 aliphatic rings. The van der Waals surface area contributed by atoms with Gasteiger partial charge in [-0.25, -0.2) is 5.14 Å². The Morgan fingerprint density at radius 3 is 2.42 bits per heavy atom. The topological polar surface area (TPSA) is 92.9 Å². The molecule has 1 unspecified atom stereocenters. The molecule has 2 rings (SSSR count). The molecule has 2 heterocycles. The molecule has 0 aromatic rings. The molecule has 1 atom stereocenters. The third kappa shape index (κ3) is 4.13. The SMILES string of the molecule is NS(=O)(=O)N1CCN(C(=O)CC2CCCCO2)CC1. The molecule has 110 valence electrons. The maximum absolute atomic E-state index is 12.1. The second-order valence-electron chi connectivity index (χ2n) is 5.02. The van der Waals surface area contributed by atoms with E-state index < -0.39 is 10.2 Å². The van der Waals surface area contributed by atoms with Crippen molar-refractivity contribution >= 4 is 16.1 Å². The lowest BCUT2D eigenvalue weighted by Gasteiger charge is -2.34. The van der Waals surface area contributed by atoms with Crippen LogP contribution in [0.1, 0.15) is 25.7 Å². The average Bonchev–Trinajstić information content (AvgIpc) is 2.39. The summed E-state index contributed by atoms with van der Waals surface area (Å²) in [5, 5.41) is 5.06. The van der Waals surface area contributed by atoms with E-state index in [0.717, 1.165) is 25.9 Å². The van der Waals surface area contributed by atoms with Gasteiger partial charge in [0, 0.05) is 32.8 Å². The Morgan fingerprint density at radius 2 is 1.89 bits per heavy atom. The van der Waals surface area contributed by atoms with Crippen molar-refractivity contribution < 1.29 is 17.9 Å². The fourth-order valence-corrected chi connectivity index (χ4v) is 3.16. The highest BCUT2D eigenvalue weighted by molar-refractivity contribution is 7.86. The Hall–Kier alpha value is -0.700. The molecule has 0 aromatic carbocycles. The van der Waals surface area contributed by atoms with Gasteiger partial charge in [0.2, 0.25) is 5.91 Å². The van der Waals surface area contributed by atoms with Crippen LogP contribution in [0.4, 0.5) is 0 Å². The van der Waals surface area contributed by atoms with Gasteiger partial charge in [0.25, 0.3) is 10.2 Å². The predicted octanol–water partition coefficient (Wildman–Crippen LogP) is -0.707. The van der Waals surface area contributed by atoms with Gasteiger partial charge in [-0.2, -0.15) is 12.7 Å². The molecule has 0 bridgehead atoms. The summed E-state index contributed by atoms with van der Waals surface area (Å²) < 4.78 is 29.1. The Morgan fingerprint density at radius 1 is 1.21 bits per heavy atom. The minimum Gasteiger partial charge on any atom is -0.378 e. The first-order chi connectivity index (χ1) is 8.97. The number of rotatable bonds is 3. The van der Waals surface area contributed by atoms with Crippen LogP contribution in [0.5, 0.6) is 0 Å². The standard InChI is InChI=1S/C11H21N3O4S/c12-19(16,17)14-6-4-13(5-7-14)11(15)9-10-3-1-2-8-18-10/h10H,1-9H2,(H2,12,16,17). The van der Waals surface area contributed by atoms with Crippen molar-refractivity contribution in [1.82, 2.24) is 9.21 Å². The summed E-state index contributed by atoms with van der Waals surface area (Å²) in [6.45, 7) is 2.09. The molecule has 0 radical (unpaired) electrons. The number of ether oxygens (including phenoxy) is 1. The Labute approximate surface area is 113 Å². The molecule has 0 saturated carbocycles. The number of carbonyl (C=O) groups excluding carboxylic acids is 1. The van der Waals surface area contributed by atoms with Gasteiger partial charge < -0.3 is 9.64 Å². The fraction of sp³-hybridized carbons (Fsp3) is 0.909. The number of nitrogens with two attached hydrogens (primary N) is 1. The normalized spacial score (nSPS) is 26.4. The Balaban J connectivity index is 1.79. The summed E-state index contributed by atoms with van der Waals surface area (Å²) in [6.07, 6.45) is 3.53. The molecule has 2 saturated heterocycles. The van der Waals surface area contributed by atoms with Gasteiger partial charge in [0.05, 0.1) is 12.5 Å². The van der Waals surface area contributed by atoms with E-state index in [1.165, 1.54) is 4.31 Å². The average molecular weight is 291 g/mol. The Bertz CT molecular complexity index is 412. The van der Waals surface area contributed by atoms with Crippen LogP contribution < -0.4 is 5.14 Å². The molecular formula is C11H21N3O4S. The molecule has 7 nitrogen and oxygen atoms in total. The first kappa shape index (κ1) is 14.7.